The van der Waals surface area contributed by atoms with E-state index in [1.165, 1.54) is 21.7 Å². The van der Waals surface area contributed by atoms with Crippen LogP contribution in [0.5, 0.6) is 0 Å². The Bertz CT molecular complexity index is 1150. The van der Waals surface area contributed by atoms with Gasteiger partial charge in [-0.05, 0) is 51.2 Å². The van der Waals surface area contributed by atoms with E-state index in [1.54, 1.807) is 6.07 Å². The molecule has 4 nitrogen and oxygen atoms in total. The molecular formula is C22H23N2O2SSi+. The number of carboxylic acids is 1. The molecule has 1 aliphatic heterocycles. The number of nitrogens with zero attached hydrogens (tertiary/aromatic N) is 1. The standard InChI is InChI=1S/C22H22N2O2SSi/c1-24(2)14-6-8-16-19(12-14)28(3,4)18-11-13(23)5-7-15(18)20(16)21-17(22(25)26)9-10-27-21/h5-12,23H,1-4H3,(H,25,26)/p+1. The van der Waals surface area contributed by atoms with Gasteiger partial charge >= 0.3 is 5.97 Å². The Labute approximate surface area is 169 Å². The van der Waals surface area contributed by atoms with Gasteiger partial charge in [0.15, 0.2) is 5.71 Å². The molecule has 3 N–H and O–H groups in total. The van der Waals surface area contributed by atoms with E-state index in [0.717, 1.165) is 33.0 Å². The minimum absolute atomic E-state index is 0.354. The maximum atomic E-state index is 11.8. The summed E-state index contributed by atoms with van der Waals surface area (Å²) in [6, 6.07) is 7.75. The van der Waals surface area contributed by atoms with Gasteiger partial charge in [0.25, 0.3) is 0 Å². The monoisotopic (exact) mass is 407 g/mol. The van der Waals surface area contributed by atoms with Crippen LogP contribution in [0.1, 0.15) is 20.8 Å². The van der Waals surface area contributed by atoms with Gasteiger partial charge in [-0.2, -0.15) is 0 Å². The van der Waals surface area contributed by atoms with Crippen molar-refractivity contribution in [1.29, 1.82) is 0 Å². The number of carboxylic acid groups (broad SMARTS) is 1. The predicted molar refractivity (Wildman–Crippen MR) is 120 cm³/mol. The van der Waals surface area contributed by atoms with E-state index in [9.17, 15) is 9.90 Å². The van der Waals surface area contributed by atoms with Gasteiger partial charge in [-0.3, -0.25) is 0 Å². The molecule has 2 heterocycles. The van der Waals surface area contributed by atoms with E-state index in [2.05, 4.69) is 48.0 Å². The van der Waals surface area contributed by atoms with Crippen LogP contribution >= 0.6 is 11.3 Å². The minimum Gasteiger partial charge on any atom is -0.478 e. The normalized spacial score (nSPS) is 17.1. The Morgan fingerprint density at radius 3 is 2.61 bits per heavy atom. The second kappa shape index (κ2) is 6.43. The molecule has 0 bridgehead atoms. The van der Waals surface area contributed by atoms with Crippen molar-refractivity contribution in [3.8, 4) is 0 Å². The van der Waals surface area contributed by atoms with Crippen molar-refractivity contribution < 1.29 is 14.5 Å². The van der Waals surface area contributed by atoms with Crippen molar-refractivity contribution >= 4 is 47.5 Å². The van der Waals surface area contributed by atoms with Crippen LogP contribution in [0.3, 0.4) is 0 Å². The first-order chi connectivity index (χ1) is 13.2. The lowest BCUT2D eigenvalue weighted by Crippen LogP contribution is -2.49. The summed E-state index contributed by atoms with van der Waals surface area (Å²) in [5.74, 6) is -0.894. The van der Waals surface area contributed by atoms with Gasteiger partial charge in [-0.1, -0.05) is 19.2 Å². The number of nitrogens with two attached hydrogens (primary N) is 1. The molecule has 2 aliphatic rings. The number of nitrogen functional groups attached to an aromatic ring is 1. The summed E-state index contributed by atoms with van der Waals surface area (Å²) < 4.78 is 2.10. The van der Waals surface area contributed by atoms with Gasteiger partial charge in [0, 0.05) is 28.3 Å². The Hall–Kier alpha value is -2.70. The first kappa shape index (κ1) is 18.7. The molecule has 28 heavy (non-hydrogen) atoms. The number of fused-ring (bicyclic) bond motifs is 2. The summed E-state index contributed by atoms with van der Waals surface area (Å²) in [5.41, 5.74) is 11.7. The highest BCUT2D eigenvalue weighted by atomic mass is 32.1. The Morgan fingerprint density at radius 1 is 1.18 bits per heavy atom. The highest BCUT2D eigenvalue weighted by Crippen LogP contribution is 2.43. The molecule has 0 spiro atoms. The second-order valence-electron chi connectivity index (χ2n) is 7.90. The van der Waals surface area contributed by atoms with E-state index in [4.69, 9.17) is 5.73 Å². The average Bonchev–Trinajstić information content (AvgIpc) is 3.12. The molecule has 0 saturated carbocycles. The van der Waals surface area contributed by atoms with Crippen LogP contribution in [0.15, 0.2) is 58.6 Å². The van der Waals surface area contributed by atoms with Gasteiger partial charge in [-0.15, -0.1) is 11.3 Å². The third-order valence-corrected chi connectivity index (χ3v) is 10.0. The number of allylic oxidation sites excluding steroid dienone is 5. The van der Waals surface area contributed by atoms with E-state index in [1.807, 2.05) is 25.5 Å². The molecule has 0 radical (unpaired) electrons. The number of rotatable bonds is 2. The zero-order valence-corrected chi connectivity index (χ0v) is 18.2. The van der Waals surface area contributed by atoms with Gasteiger partial charge in [-0.25, -0.2) is 9.37 Å². The van der Waals surface area contributed by atoms with Gasteiger partial charge in [0.05, 0.1) is 5.56 Å². The van der Waals surface area contributed by atoms with Crippen molar-refractivity contribution in [2.75, 3.05) is 19.8 Å². The van der Waals surface area contributed by atoms with Gasteiger partial charge < -0.3 is 10.8 Å². The molecule has 1 aromatic carbocycles. The van der Waals surface area contributed by atoms with Crippen molar-refractivity contribution in [2.45, 2.75) is 13.1 Å². The maximum Gasteiger partial charge on any atom is 0.337 e. The Morgan fingerprint density at radius 2 is 1.93 bits per heavy atom. The smallest absolute Gasteiger partial charge is 0.337 e. The van der Waals surface area contributed by atoms with Crippen LogP contribution in [-0.4, -0.2) is 43.5 Å². The predicted octanol–water partition coefficient (Wildman–Crippen LogP) is 3.51. The van der Waals surface area contributed by atoms with Gasteiger partial charge in [0.1, 0.15) is 22.2 Å². The molecule has 6 heteroatoms. The molecule has 4 rings (SSSR count). The lowest BCUT2D eigenvalue weighted by atomic mass is 9.92. The molecule has 0 atom stereocenters. The zero-order valence-electron chi connectivity index (χ0n) is 16.4. The van der Waals surface area contributed by atoms with Crippen molar-refractivity contribution in [3.05, 3.63) is 74.6 Å². The molecule has 142 valence electrons. The molecule has 2 aromatic rings. The maximum absolute atomic E-state index is 11.8. The second-order valence-corrected chi connectivity index (χ2v) is 13.1. The van der Waals surface area contributed by atoms with E-state index in [0.29, 0.717) is 5.56 Å². The molecule has 0 unspecified atom stereocenters. The third kappa shape index (κ3) is 2.72. The number of hydrogen-bond acceptors (Lipinski definition) is 3. The summed E-state index contributed by atoms with van der Waals surface area (Å²) in [6.07, 6.45) is 6.53. The summed E-state index contributed by atoms with van der Waals surface area (Å²) in [6.45, 7) is 4.68. The summed E-state index contributed by atoms with van der Waals surface area (Å²) in [7, 11) is 2.07. The SMILES string of the molecule is C[N+](C)=C1C=CC2=C(c3sccc3C(=O)O)c3ccc(N)cc3[Si](C)(C)C2=C1. The Balaban J connectivity index is 2.13. The first-order valence-corrected chi connectivity index (χ1v) is 13.0. The largest absolute Gasteiger partial charge is 0.478 e. The lowest BCUT2D eigenvalue weighted by molar-refractivity contribution is -0.462. The van der Waals surface area contributed by atoms with E-state index >= 15 is 0 Å². The fourth-order valence-corrected chi connectivity index (χ4v) is 8.10. The number of benzene rings is 1. The Kier molecular flexibility index (Phi) is 4.28. The quantitative estimate of drug-likeness (QED) is 0.455. The minimum atomic E-state index is -2.01. The van der Waals surface area contributed by atoms with Crippen molar-refractivity contribution in [1.82, 2.24) is 0 Å². The fourth-order valence-electron chi connectivity index (χ4n) is 4.05. The topological polar surface area (TPSA) is 66.3 Å². The van der Waals surface area contributed by atoms with Crippen LogP contribution in [0.25, 0.3) is 5.57 Å². The van der Waals surface area contributed by atoms with Crippen molar-refractivity contribution in [3.63, 3.8) is 0 Å². The highest BCUT2D eigenvalue weighted by molar-refractivity contribution is 7.11. The number of anilines is 1. The lowest BCUT2D eigenvalue weighted by Gasteiger charge is -2.37. The van der Waals surface area contributed by atoms with E-state index in [-0.39, 0.29) is 0 Å². The molecule has 1 aromatic heterocycles. The number of carbonyl (C=O) groups is 1. The third-order valence-electron chi connectivity index (χ3n) is 5.57. The van der Waals surface area contributed by atoms with Crippen LogP contribution in [0.2, 0.25) is 13.1 Å². The van der Waals surface area contributed by atoms with Crippen LogP contribution in [-0.2, 0) is 0 Å². The van der Waals surface area contributed by atoms with Crippen LogP contribution < -0.4 is 10.9 Å². The molecule has 0 amide bonds. The number of aromatic carboxylic acids is 1. The number of hydrogen-bond donors (Lipinski definition) is 2. The number of thiophene rings is 1. The summed E-state index contributed by atoms with van der Waals surface area (Å²) in [5, 5.41) is 14.2. The summed E-state index contributed by atoms with van der Waals surface area (Å²) >= 11 is 1.48. The molecule has 0 saturated heterocycles. The average molecular weight is 408 g/mol. The fraction of sp³-hybridized carbons (Fsp3) is 0.182. The molecule has 1 aliphatic carbocycles. The van der Waals surface area contributed by atoms with Gasteiger partial charge in [0.2, 0.25) is 0 Å². The molecule has 0 fully saturated rings. The summed E-state index contributed by atoms with van der Waals surface area (Å²) in [4.78, 5) is 12.7. The first-order valence-electron chi connectivity index (χ1n) is 9.12. The highest BCUT2D eigenvalue weighted by Gasteiger charge is 2.41. The van der Waals surface area contributed by atoms with E-state index < -0.39 is 14.0 Å². The van der Waals surface area contributed by atoms with Crippen LogP contribution in [0.4, 0.5) is 5.69 Å². The molecular weight excluding hydrogens is 384 g/mol. The van der Waals surface area contributed by atoms with Crippen molar-refractivity contribution in [2.24, 2.45) is 0 Å². The van der Waals surface area contributed by atoms with Crippen LogP contribution in [0, 0.1) is 0 Å². The zero-order chi connectivity index (χ0) is 20.2.